The zero-order valence-electron chi connectivity index (χ0n) is 10.3. The smallest absolute Gasteiger partial charge is 0.156 e. The average molecular weight is 257 g/mol. The Hall–Kier alpha value is -2.40. The van der Waals surface area contributed by atoms with Crippen LogP contribution in [0.4, 0.5) is 0 Å². The Bertz CT molecular complexity index is 584. The predicted molar refractivity (Wildman–Crippen MR) is 72.6 cm³/mol. The van der Waals surface area contributed by atoms with Crippen LogP contribution in [0, 0.1) is 5.41 Å². The lowest BCUT2D eigenvalue weighted by atomic mass is 10.1. The lowest BCUT2D eigenvalue weighted by Gasteiger charge is -2.12. The molecule has 0 aliphatic carbocycles. The van der Waals surface area contributed by atoms with Gasteiger partial charge in [-0.1, -0.05) is 18.2 Å². The van der Waals surface area contributed by atoms with Gasteiger partial charge in [-0.05, 0) is 24.1 Å². The van der Waals surface area contributed by atoms with Gasteiger partial charge in [0.15, 0.2) is 5.75 Å². The molecule has 0 amide bonds. The van der Waals surface area contributed by atoms with E-state index in [1.807, 2.05) is 24.3 Å². The minimum atomic E-state index is -0.0722. The second-order valence-electron chi connectivity index (χ2n) is 3.97. The predicted octanol–water partition coefficient (Wildman–Crippen LogP) is 1.69. The molecule has 0 spiro atoms. The van der Waals surface area contributed by atoms with Gasteiger partial charge < -0.3 is 15.6 Å². The lowest BCUT2D eigenvalue weighted by Crippen LogP contribution is -2.12. The highest BCUT2D eigenvalue weighted by atomic mass is 16.5. The fraction of sp³-hybridized carbons (Fsp3) is 0.143. The van der Waals surface area contributed by atoms with Crippen LogP contribution < -0.4 is 10.5 Å². The van der Waals surface area contributed by atoms with Gasteiger partial charge >= 0.3 is 0 Å². The first kappa shape index (κ1) is 13.0. The molecule has 0 aliphatic heterocycles. The molecule has 4 N–H and O–H groups in total. The molecule has 5 heteroatoms. The molecular formula is C14H15N3O2. The van der Waals surface area contributed by atoms with E-state index in [9.17, 15) is 0 Å². The second-order valence-corrected chi connectivity index (χ2v) is 3.97. The van der Waals surface area contributed by atoms with E-state index in [-0.39, 0.29) is 12.4 Å². The first-order valence-corrected chi connectivity index (χ1v) is 5.87. The molecule has 1 aromatic heterocycles. The topological polar surface area (TPSA) is 92.2 Å². The van der Waals surface area contributed by atoms with Crippen molar-refractivity contribution < 1.29 is 9.84 Å². The molecule has 2 rings (SSSR count). The molecule has 0 aliphatic rings. The van der Waals surface area contributed by atoms with Crippen LogP contribution in [-0.2, 0) is 6.42 Å². The van der Waals surface area contributed by atoms with Crippen LogP contribution in [0.3, 0.4) is 0 Å². The van der Waals surface area contributed by atoms with E-state index in [4.69, 9.17) is 21.0 Å². The van der Waals surface area contributed by atoms with Crippen molar-refractivity contribution >= 4 is 5.84 Å². The molecule has 0 atom stereocenters. The summed E-state index contributed by atoms with van der Waals surface area (Å²) < 4.78 is 5.76. The third kappa shape index (κ3) is 3.08. The molecule has 98 valence electrons. The Balaban J connectivity index is 2.34. The highest BCUT2D eigenvalue weighted by Gasteiger charge is 2.09. The Morgan fingerprint density at radius 3 is 2.79 bits per heavy atom. The summed E-state index contributed by atoms with van der Waals surface area (Å²) in [5.74, 6) is 0.990. The van der Waals surface area contributed by atoms with Gasteiger partial charge in [-0.2, -0.15) is 0 Å². The molecule has 0 fully saturated rings. The molecule has 2 aromatic rings. The van der Waals surface area contributed by atoms with Crippen LogP contribution in [0.2, 0.25) is 0 Å². The lowest BCUT2D eigenvalue weighted by molar-refractivity contribution is 0.298. The second kappa shape index (κ2) is 5.97. The quantitative estimate of drug-likeness (QED) is 0.561. The zero-order valence-corrected chi connectivity index (χ0v) is 10.3. The van der Waals surface area contributed by atoms with Gasteiger partial charge in [-0.15, -0.1) is 0 Å². The van der Waals surface area contributed by atoms with Gasteiger partial charge in [0.05, 0.1) is 11.8 Å². The fourth-order valence-corrected chi connectivity index (χ4v) is 1.73. The number of aliphatic hydroxyl groups is 1. The van der Waals surface area contributed by atoms with Crippen molar-refractivity contribution in [3.63, 3.8) is 0 Å². The van der Waals surface area contributed by atoms with E-state index in [0.29, 0.717) is 23.5 Å². The summed E-state index contributed by atoms with van der Waals surface area (Å²) in [6, 6.07) is 9.05. The minimum Gasteiger partial charge on any atom is -0.455 e. The van der Waals surface area contributed by atoms with Crippen molar-refractivity contribution in [2.75, 3.05) is 6.61 Å². The van der Waals surface area contributed by atoms with E-state index in [1.165, 1.54) is 6.20 Å². The zero-order chi connectivity index (χ0) is 13.7. The monoisotopic (exact) mass is 257 g/mol. The van der Waals surface area contributed by atoms with Crippen molar-refractivity contribution in [1.29, 1.82) is 5.41 Å². The van der Waals surface area contributed by atoms with Crippen molar-refractivity contribution in [3.8, 4) is 11.5 Å². The summed E-state index contributed by atoms with van der Waals surface area (Å²) >= 11 is 0. The summed E-state index contributed by atoms with van der Waals surface area (Å²) in [7, 11) is 0. The summed E-state index contributed by atoms with van der Waals surface area (Å²) in [4.78, 5) is 3.97. The van der Waals surface area contributed by atoms with Crippen LogP contribution in [-0.4, -0.2) is 22.5 Å². The average Bonchev–Trinajstić information content (AvgIpc) is 2.42. The van der Waals surface area contributed by atoms with Crippen molar-refractivity contribution in [2.45, 2.75) is 6.42 Å². The first-order valence-electron chi connectivity index (χ1n) is 5.87. The molecule has 5 nitrogen and oxygen atoms in total. The highest BCUT2D eigenvalue weighted by molar-refractivity contribution is 5.97. The number of aliphatic hydroxyl groups excluding tert-OH is 1. The number of nitrogens with one attached hydrogen (secondary N) is 1. The van der Waals surface area contributed by atoms with Crippen molar-refractivity contribution in [2.24, 2.45) is 5.73 Å². The third-order valence-electron chi connectivity index (χ3n) is 2.65. The van der Waals surface area contributed by atoms with Gasteiger partial charge in [-0.3, -0.25) is 10.4 Å². The van der Waals surface area contributed by atoms with Gasteiger partial charge in [0, 0.05) is 12.8 Å². The number of nitrogen functional groups attached to an aromatic ring is 1. The van der Waals surface area contributed by atoms with E-state index in [0.717, 1.165) is 5.56 Å². The van der Waals surface area contributed by atoms with Gasteiger partial charge in [0.1, 0.15) is 11.6 Å². The maximum Gasteiger partial charge on any atom is 0.156 e. The largest absolute Gasteiger partial charge is 0.455 e. The molecule has 0 saturated carbocycles. The van der Waals surface area contributed by atoms with Crippen LogP contribution in [0.25, 0.3) is 0 Å². The SMILES string of the molecule is N=C(N)c1ccncc1Oc1ccccc1CCO. The number of pyridine rings is 1. The van der Waals surface area contributed by atoms with E-state index < -0.39 is 0 Å². The molecule has 0 bridgehead atoms. The number of nitrogens with zero attached hydrogens (tertiary/aromatic N) is 1. The number of para-hydroxylation sites is 1. The number of aromatic nitrogens is 1. The third-order valence-corrected chi connectivity index (χ3v) is 2.65. The van der Waals surface area contributed by atoms with Crippen LogP contribution in [0.5, 0.6) is 11.5 Å². The molecular weight excluding hydrogens is 242 g/mol. The number of amidine groups is 1. The van der Waals surface area contributed by atoms with E-state index >= 15 is 0 Å². The summed E-state index contributed by atoms with van der Waals surface area (Å²) in [6.45, 7) is 0.0486. The van der Waals surface area contributed by atoms with E-state index in [1.54, 1.807) is 12.3 Å². The molecule has 1 heterocycles. The number of hydrogen-bond acceptors (Lipinski definition) is 4. The van der Waals surface area contributed by atoms with Gasteiger partial charge in [0.2, 0.25) is 0 Å². The van der Waals surface area contributed by atoms with Gasteiger partial charge in [-0.25, -0.2) is 0 Å². The van der Waals surface area contributed by atoms with Crippen molar-refractivity contribution in [1.82, 2.24) is 4.98 Å². The molecule has 0 unspecified atom stereocenters. The normalized spacial score (nSPS) is 10.2. The van der Waals surface area contributed by atoms with Crippen molar-refractivity contribution in [3.05, 3.63) is 53.9 Å². The molecule has 19 heavy (non-hydrogen) atoms. The summed E-state index contributed by atoms with van der Waals surface area (Å²) in [5.41, 5.74) is 6.89. The van der Waals surface area contributed by atoms with Crippen LogP contribution in [0.1, 0.15) is 11.1 Å². The van der Waals surface area contributed by atoms with Gasteiger partial charge in [0.25, 0.3) is 0 Å². The molecule has 1 aromatic carbocycles. The number of hydrogen-bond donors (Lipinski definition) is 3. The maximum atomic E-state index is 9.03. The van der Waals surface area contributed by atoms with E-state index in [2.05, 4.69) is 4.98 Å². The number of nitrogens with two attached hydrogens (primary N) is 1. The number of rotatable bonds is 5. The van der Waals surface area contributed by atoms with Crippen LogP contribution in [0.15, 0.2) is 42.7 Å². The summed E-state index contributed by atoms with van der Waals surface area (Å²) in [6.07, 6.45) is 3.58. The molecule has 0 radical (unpaired) electrons. The molecule has 0 saturated heterocycles. The summed E-state index contributed by atoms with van der Waals surface area (Å²) in [5, 5.41) is 16.5. The Morgan fingerprint density at radius 1 is 1.26 bits per heavy atom. The Labute approximate surface area is 111 Å². The minimum absolute atomic E-state index is 0.0486. The number of benzene rings is 1. The fourth-order valence-electron chi connectivity index (χ4n) is 1.73. The number of ether oxygens (including phenoxy) is 1. The highest BCUT2D eigenvalue weighted by Crippen LogP contribution is 2.27. The Kier molecular flexibility index (Phi) is 4.10. The maximum absolute atomic E-state index is 9.03. The van der Waals surface area contributed by atoms with Crippen LogP contribution >= 0.6 is 0 Å². The Morgan fingerprint density at radius 2 is 2.05 bits per heavy atom. The first-order chi connectivity index (χ1) is 9.22. The standard InChI is InChI=1S/C14H15N3O2/c15-14(16)11-5-7-17-9-13(11)19-12-4-2-1-3-10(12)6-8-18/h1-5,7,9,18H,6,8H2,(H3,15,16).